The lowest BCUT2D eigenvalue weighted by molar-refractivity contribution is -0.115. The zero-order valence-electron chi connectivity index (χ0n) is 20.4. The van der Waals surface area contributed by atoms with Crippen LogP contribution in [0.15, 0.2) is 91.0 Å². The number of aromatic amines is 2. The molecule has 0 saturated heterocycles. The summed E-state index contributed by atoms with van der Waals surface area (Å²) in [6.45, 7) is 0. The van der Waals surface area contributed by atoms with Gasteiger partial charge < -0.3 is 10.3 Å². The van der Waals surface area contributed by atoms with Crippen LogP contribution in [0.2, 0.25) is 0 Å². The Balaban J connectivity index is 1.21. The molecule has 0 unspecified atom stereocenters. The SMILES string of the molecule is O=C(Cc1ccccc1)Nc1cncc(-c2cc3c(-c4nc5c(-c6cccs6)cncc5[nH]4)n[nH]c3cn2)c1. The molecule has 7 aromatic rings. The highest BCUT2D eigenvalue weighted by molar-refractivity contribution is 7.13. The number of amides is 1. The summed E-state index contributed by atoms with van der Waals surface area (Å²) < 4.78 is 0. The topological polar surface area (TPSA) is 125 Å². The number of hydrogen-bond donors (Lipinski definition) is 3. The van der Waals surface area contributed by atoms with Crippen LogP contribution in [-0.4, -0.2) is 41.0 Å². The highest BCUT2D eigenvalue weighted by Gasteiger charge is 2.17. The molecule has 0 aliphatic rings. The van der Waals surface area contributed by atoms with Crippen LogP contribution in [0.3, 0.4) is 0 Å². The number of aromatic nitrogens is 7. The van der Waals surface area contributed by atoms with Crippen LogP contribution in [0.1, 0.15) is 5.56 Å². The van der Waals surface area contributed by atoms with Gasteiger partial charge in [0.15, 0.2) is 5.82 Å². The fourth-order valence-corrected chi connectivity index (χ4v) is 5.28. The maximum absolute atomic E-state index is 12.6. The lowest BCUT2D eigenvalue weighted by Crippen LogP contribution is -2.14. The minimum atomic E-state index is -0.109. The van der Waals surface area contributed by atoms with E-state index in [1.807, 2.05) is 60.1 Å². The van der Waals surface area contributed by atoms with Gasteiger partial charge in [-0.2, -0.15) is 5.10 Å². The van der Waals surface area contributed by atoms with Crippen LogP contribution in [0.25, 0.3) is 55.2 Å². The van der Waals surface area contributed by atoms with E-state index in [2.05, 4.69) is 41.5 Å². The van der Waals surface area contributed by atoms with E-state index in [9.17, 15) is 4.79 Å². The summed E-state index contributed by atoms with van der Waals surface area (Å²) in [7, 11) is 0. The van der Waals surface area contributed by atoms with Gasteiger partial charge in [-0.25, -0.2) is 4.98 Å². The quantitative estimate of drug-likeness (QED) is 0.248. The summed E-state index contributed by atoms with van der Waals surface area (Å²) in [5.41, 5.74) is 7.15. The molecule has 7 rings (SSSR count). The van der Waals surface area contributed by atoms with Gasteiger partial charge in [0.2, 0.25) is 5.91 Å². The number of hydrogen-bond acceptors (Lipinski definition) is 7. The number of anilines is 1. The van der Waals surface area contributed by atoms with Gasteiger partial charge in [-0.05, 0) is 29.1 Å². The zero-order chi connectivity index (χ0) is 26.2. The number of carbonyl (C=O) groups is 1. The molecule has 3 N–H and O–H groups in total. The molecule has 1 amide bonds. The second-order valence-electron chi connectivity index (χ2n) is 9.01. The van der Waals surface area contributed by atoms with Crippen molar-refractivity contribution in [2.24, 2.45) is 0 Å². The third-order valence-electron chi connectivity index (χ3n) is 6.38. The van der Waals surface area contributed by atoms with E-state index in [4.69, 9.17) is 4.98 Å². The monoisotopic (exact) mass is 528 g/mol. The van der Waals surface area contributed by atoms with Gasteiger partial charge in [0, 0.05) is 33.8 Å². The first-order chi connectivity index (χ1) is 19.2. The van der Waals surface area contributed by atoms with Crippen LogP contribution in [0.5, 0.6) is 0 Å². The Hall–Kier alpha value is -5.22. The smallest absolute Gasteiger partial charge is 0.228 e. The second-order valence-corrected chi connectivity index (χ2v) is 9.95. The van der Waals surface area contributed by atoms with Gasteiger partial charge in [-0.15, -0.1) is 11.3 Å². The predicted molar refractivity (Wildman–Crippen MR) is 152 cm³/mol. The summed E-state index contributed by atoms with van der Waals surface area (Å²) in [5.74, 6) is 0.529. The molecule has 0 aliphatic carbocycles. The molecule has 188 valence electrons. The van der Waals surface area contributed by atoms with Crippen LogP contribution in [0, 0.1) is 0 Å². The summed E-state index contributed by atoms with van der Waals surface area (Å²) in [5, 5.41) is 13.4. The summed E-state index contributed by atoms with van der Waals surface area (Å²) in [6.07, 6.45) is 8.98. The van der Waals surface area contributed by atoms with E-state index in [0.29, 0.717) is 22.9 Å². The standard InChI is InChI=1S/C29H20N8OS/c38-26(9-17-5-2-1-3-6-17)33-19-10-18(12-30-13-19)22-11-20-23(16-32-22)36-37-28(20)29-34-24-15-31-14-21(27(24)35-29)25-7-4-8-39-25/h1-8,10-16H,9H2,(H,33,38)(H,34,35)(H,36,37). The molecule has 0 radical (unpaired) electrons. The normalized spacial score (nSPS) is 11.3. The van der Waals surface area contributed by atoms with Crippen LogP contribution >= 0.6 is 11.3 Å². The van der Waals surface area contributed by atoms with Crippen molar-refractivity contribution in [1.29, 1.82) is 0 Å². The van der Waals surface area contributed by atoms with Crippen molar-refractivity contribution in [3.8, 4) is 33.2 Å². The first-order valence-electron chi connectivity index (χ1n) is 12.2. The lowest BCUT2D eigenvalue weighted by Gasteiger charge is -2.07. The number of rotatable bonds is 6. The molecule has 6 aromatic heterocycles. The Kier molecular flexibility index (Phi) is 5.64. The van der Waals surface area contributed by atoms with Crippen molar-refractivity contribution >= 4 is 44.9 Å². The third-order valence-corrected chi connectivity index (χ3v) is 7.28. The molecular formula is C29H20N8OS. The Morgan fingerprint density at radius 1 is 0.923 bits per heavy atom. The van der Waals surface area contributed by atoms with Crippen molar-refractivity contribution in [1.82, 2.24) is 35.1 Å². The number of carbonyl (C=O) groups excluding carboxylic acids is 1. The number of imidazole rings is 1. The fourth-order valence-electron chi connectivity index (χ4n) is 4.55. The molecule has 0 aliphatic heterocycles. The molecular weight excluding hydrogens is 508 g/mol. The average Bonchev–Trinajstić information content (AvgIpc) is 3.73. The molecule has 39 heavy (non-hydrogen) atoms. The van der Waals surface area contributed by atoms with Crippen LogP contribution in [-0.2, 0) is 11.2 Å². The van der Waals surface area contributed by atoms with Crippen molar-refractivity contribution < 1.29 is 4.79 Å². The summed E-state index contributed by atoms with van der Waals surface area (Å²) in [6, 6.07) is 17.5. The average molecular weight is 529 g/mol. The van der Waals surface area contributed by atoms with Gasteiger partial charge >= 0.3 is 0 Å². The van der Waals surface area contributed by atoms with Crippen LogP contribution < -0.4 is 5.32 Å². The van der Waals surface area contributed by atoms with Gasteiger partial charge in [-0.3, -0.25) is 24.8 Å². The minimum Gasteiger partial charge on any atom is -0.335 e. The summed E-state index contributed by atoms with van der Waals surface area (Å²) >= 11 is 1.65. The number of nitrogens with zero attached hydrogens (tertiary/aromatic N) is 5. The Labute approximate surface area is 226 Å². The maximum atomic E-state index is 12.6. The molecule has 0 saturated carbocycles. The molecule has 9 nitrogen and oxygen atoms in total. The minimum absolute atomic E-state index is 0.109. The molecule has 0 spiro atoms. The largest absolute Gasteiger partial charge is 0.335 e. The highest BCUT2D eigenvalue weighted by Crippen LogP contribution is 2.33. The van der Waals surface area contributed by atoms with Crippen molar-refractivity contribution in [2.75, 3.05) is 5.32 Å². The number of nitrogens with one attached hydrogen (secondary N) is 3. The van der Waals surface area contributed by atoms with E-state index in [1.165, 1.54) is 0 Å². The number of H-pyrrole nitrogens is 2. The molecule has 0 fully saturated rings. The Morgan fingerprint density at radius 2 is 1.82 bits per heavy atom. The van der Waals surface area contributed by atoms with E-state index in [-0.39, 0.29) is 12.3 Å². The zero-order valence-corrected chi connectivity index (χ0v) is 21.2. The predicted octanol–water partition coefficient (Wildman–Crippen LogP) is 5.87. The Bertz CT molecular complexity index is 1940. The molecule has 10 heteroatoms. The second kappa shape index (κ2) is 9.58. The highest BCUT2D eigenvalue weighted by atomic mass is 32.1. The van der Waals surface area contributed by atoms with Crippen molar-refractivity contribution in [3.05, 3.63) is 96.5 Å². The van der Waals surface area contributed by atoms with Crippen molar-refractivity contribution in [3.63, 3.8) is 0 Å². The van der Waals surface area contributed by atoms with E-state index in [0.717, 1.165) is 43.5 Å². The Morgan fingerprint density at radius 3 is 2.69 bits per heavy atom. The van der Waals surface area contributed by atoms with Gasteiger partial charge in [0.05, 0.1) is 47.4 Å². The first-order valence-corrected chi connectivity index (χ1v) is 13.1. The first kappa shape index (κ1) is 22.9. The van der Waals surface area contributed by atoms with E-state index >= 15 is 0 Å². The molecule has 6 heterocycles. The molecule has 0 atom stereocenters. The number of fused-ring (bicyclic) bond motifs is 2. The third kappa shape index (κ3) is 4.42. The molecule has 1 aromatic carbocycles. The van der Waals surface area contributed by atoms with Gasteiger partial charge in [0.25, 0.3) is 0 Å². The fraction of sp³-hybridized carbons (Fsp3) is 0.0345. The number of thiophene rings is 1. The van der Waals surface area contributed by atoms with E-state index in [1.54, 1.807) is 36.1 Å². The lowest BCUT2D eigenvalue weighted by atomic mass is 10.1. The van der Waals surface area contributed by atoms with Crippen molar-refractivity contribution in [2.45, 2.75) is 6.42 Å². The van der Waals surface area contributed by atoms with Gasteiger partial charge in [0.1, 0.15) is 11.2 Å². The summed E-state index contributed by atoms with van der Waals surface area (Å²) in [4.78, 5) is 35.3. The van der Waals surface area contributed by atoms with Crippen LogP contribution in [0.4, 0.5) is 5.69 Å². The van der Waals surface area contributed by atoms with E-state index < -0.39 is 0 Å². The van der Waals surface area contributed by atoms with Gasteiger partial charge in [-0.1, -0.05) is 36.4 Å². The number of benzene rings is 1. The number of pyridine rings is 3. The molecule has 0 bridgehead atoms. The maximum Gasteiger partial charge on any atom is 0.228 e.